The Labute approximate surface area is 135 Å². The topological polar surface area (TPSA) is 21.8 Å². The lowest BCUT2D eigenvalue weighted by Crippen LogP contribution is -2.04. The van der Waals surface area contributed by atoms with Crippen molar-refractivity contribution >= 4 is 0 Å². The SMILES string of the molecule is CCCCCCC/C=C/CCc1cccc(OCC2CO2)c1. The molecule has 22 heavy (non-hydrogen) atoms. The maximum absolute atomic E-state index is 5.72. The molecule has 1 saturated heterocycles. The van der Waals surface area contributed by atoms with Gasteiger partial charge >= 0.3 is 0 Å². The maximum Gasteiger partial charge on any atom is 0.119 e. The summed E-state index contributed by atoms with van der Waals surface area (Å²) in [4.78, 5) is 0. The quantitative estimate of drug-likeness (QED) is 0.296. The van der Waals surface area contributed by atoms with E-state index in [1.807, 2.05) is 6.07 Å². The molecule has 2 heteroatoms. The van der Waals surface area contributed by atoms with Crippen LogP contribution in [0.25, 0.3) is 0 Å². The van der Waals surface area contributed by atoms with Crippen LogP contribution in [0, 0.1) is 0 Å². The second-order valence-corrected chi connectivity index (χ2v) is 6.13. The minimum absolute atomic E-state index is 0.323. The summed E-state index contributed by atoms with van der Waals surface area (Å²) in [6.07, 6.45) is 15.2. The van der Waals surface area contributed by atoms with Gasteiger partial charge in [0.15, 0.2) is 0 Å². The number of benzene rings is 1. The smallest absolute Gasteiger partial charge is 0.119 e. The minimum Gasteiger partial charge on any atom is -0.491 e. The van der Waals surface area contributed by atoms with Crippen molar-refractivity contribution in [1.82, 2.24) is 0 Å². The zero-order valence-electron chi connectivity index (χ0n) is 13.9. The third-order valence-corrected chi connectivity index (χ3v) is 3.98. The molecule has 1 aromatic rings. The van der Waals surface area contributed by atoms with Crippen LogP contribution in [0.2, 0.25) is 0 Å². The van der Waals surface area contributed by atoms with Gasteiger partial charge in [0.25, 0.3) is 0 Å². The fraction of sp³-hybridized carbons (Fsp3) is 0.600. The van der Waals surface area contributed by atoms with Crippen LogP contribution in [-0.2, 0) is 11.2 Å². The Morgan fingerprint density at radius 2 is 1.95 bits per heavy atom. The van der Waals surface area contributed by atoms with Crippen LogP contribution >= 0.6 is 0 Å². The number of hydrogen-bond donors (Lipinski definition) is 0. The molecule has 0 N–H and O–H groups in total. The van der Waals surface area contributed by atoms with E-state index in [0.717, 1.165) is 25.2 Å². The summed E-state index contributed by atoms with van der Waals surface area (Å²) in [5.74, 6) is 0.966. The van der Waals surface area contributed by atoms with Crippen molar-refractivity contribution in [3.63, 3.8) is 0 Å². The molecule has 1 aliphatic rings. The zero-order valence-corrected chi connectivity index (χ0v) is 13.9. The van der Waals surface area contributed by atoms with Gasteiger partial charge < -0.3 is 9.47 Å². The second-order valence-electron chi connectivity index (χ2n) is 6.13. The lowest BCUT2D eigenvalue weighted by Gasteiger charge is -2.06. The van der Waals surface area contributed by atoms with Gasteiger partial charge in [-0.15, -0.1) is 0 Å². The summed E-state index contributed by atoms with van der Waals surface area (Å²) >= 11 is 0. The summed E-state index contributed by atoms with van der Waals surface area (Å²) in [5, 5.41) is 0. The molecule has 0 radical (unpaired) electrons. The average molecular weight is 302 g/mol. The normalized spacial score (nSPS) is 17.0. The molecule has 2 rings (SSSR count). The average Bonchev–Trinajstić information content (AvgIpc) is 3.36. The van der Waals surface area contributed by atoms with Gasteiger partial charge in [0.2, 0.25) is 0 Å². The van der Waals surface area contributed by atoms with Crippen LogP contribution in [0.5, 0.6) is 5.75 Å². The van der Waals surface area contributed by atoms with Crippen molar-refractivity contribution < 1.29 is 9.47 Å². The van der Waals surface area contributed by atoms with Crippen molar-refractivity contribution in [2.45, 2.75) is 64.4 Å². The molecule has 1 heterocycles. The number of rotatable bonds is 12. The highest BCUT2D eigenvalue weighted by molar-refractivity contribution is 5.28. The molecule has 0 aromatic heterocycles. The molecule has 122 valence electrons. The Bertz CT molecular complexity index is 435. The van der Waals surface area contributed by atoms with Crippen LogP contribution < -0.4 is 4.74 Å². The first-order chi connectivity index (χ1) is 10.9. The maximum atomic E-state index is 5.72. The summed E-state index contributed by atoms with van der Waals surface area (Å²) in [6.45, 7) is 3.80. The molecule has 1 atom stereocenters. The fourth-order valence-electron chi connectivity index (χ4n) is 2.50. The van der Waals surface area contributed by atoms with Crippen LogP contribution in [-0.4, -0.2) is 19.3 Å². The molecule has 0 spiro atoms. The Morgan fingerprint density at radius 3 is 2.77 bits per heavy atom. The molecule has 1 aromatic carbocycles. The predicted molar refractivity (Wildman–Crippen MR) is 92.5 cm³/mol. The van der Waals surface area contributed by atoms with E-state index in [4.69, 9.17) is 9.47 Å². The first-order valence-corrected chi connectivity index (χ1v) is 8.87. The van der Waals surface area contributed by atoms with Gasteiger partial charge in [0.05, 0.1) is 6.61 Å². The van der Waals surface area contributed by atoms with Gasteiger partial charge in [-0.05, 0) is 43.4 Å². The molecule has 1 aliphatic heterocycles. The van der Waals surface area contributed by atoms with Crippen LogP contribution in [0.15, 0.2) is 36.4 Å². The Balaban J connectivity index is 1.56. The van der Waals surface area contributed by atoms with Crippen LogP contribution in [0.4, 0.5) is 0 Å². The van der Waals surface area contributed by atoms with Gasteiger partial charge in [0.1, 0.15) is 18.5 Å². The van der Waals surface area contributed by atoms with E-state index >= 15 is 0 Å². The van der Waals surface area contributed by atoms with Crippen molar-refractivity contribution in [1.29, 1.82) is 0 Å². The lowest BCUT2D eigenvalue weighted by molar-refractivity contribution is 0.263. The highest BCUT2D eigenvalue weighted by Crippen LogP contribution is 2.17. The van der Waals surface area contributed by atoms with E-state index in [2.05, 4.69) is 37.3 Å². The summed E-state index contributed by atoms with van der Waals surface area (Å²) in [5.41, 5.74) is 1.35. The number of aryl methyl sites for hydroxylation is 1. The first kappa shape index (κ1) is 17.1. The lowest BCUT2D eigenvalue weighted by atomic mass is 10.1. The largest absolute Gasteiger partial charge is 0.491 e. The zero-order chi connectivity index (χ0) is 15.5. The minimum atomic E-state index is 0.323. The standard InChI is InChI=1S/C20H30O2/c1-2-3-4-5-6-7-8-9-10-12-18-13-11-14-19(15-18)21-16-20-17-22-20/h8-9,11,13-15,20H,2-7,10,12,16-17H2,1H3/b9-8+. The molecule has 1 fully saturated rings. The van der Waals surface area contributed by atoms with E-state index in [9.17, 15) is 0 Å². The number of hydrogen-bond acceptors (Lipinski definition) is 2. The first-order valence-electron chi connectivity index (χ1n) is 8.87. The third kappa shape index (κ3) is 7.65. The fourth-order valence-corrected chi connectivity index (χ4v) is 2.50. The number of epoxide rings is 1. The summed E-state index contributed by atoms with van der Waals surface area (Å²) in [7, 11) is 0. The second kappa shape index (κ2) is 10.4. The van der Waals surface area contributed by atoms with Crippen LogP contribution in [0.3, 0.4) is 0 Å². The van der Waals surface area contributed by atoms with E-state index in [0.29, 0.717) is 12.7 Å². The van der Waals surface area contributed by atoms with E-state index < -0.39 is 0 Å². The van der Waals surface area contributed by atoms with Crippen molar-refractivity contribution in [2.24, 2.45) is 0 Å². The van der Waals surface area contributed by atoms with Crippen molar-refractivity contribution in [3.8, 4) is 5.75 Å². The summed E-state index contributed by atoms with van der Waals surface area (Å²) in [6, 6.07) is 8.44. The molecule has 0 bridgehead atoms. The highest BCUT2D eigenvalue weighted by Gasteiger charge is 2.22. The van der Waals surface area contributed by atoms with E-state index in [1.165, 1.54) is 44.1 Å². The molecule has 0 aliphatic carbocycles. The number of ether oxygens (including phenoxy) is 2. The van der Waals surface area contributed by atoms with Crippen molar-refractivity contribution in [3.05, 3.63) is 42.0 Å². The Morgan fingerprint density at radius 1 is 1.14 bits per heavy atom. The van der Waals surface area contributed by atoms with E-state index in [-0.39, 0.29) is 0 Å². The molecule has 1 unspecified atom stereocenters. The van der Waals surface area contributed by atoms with Crippen molar-refractivity contribution in [2.75, 3.05) is 13.2 Å². The number of allylic oxidation sites excluding steroid dienone is 2. The van der Waals surface area contributed by atoms with Gasteiger partial charge in [-0.1, -0.05) is 56.9 Å². The number of unbranched alkanes of at least 4 members (excludes halogenated alkanes) is 5. The molecule has 2 nitrogen and oxygen atoms in total. The Kier molecular flexibility index (Phi) is 8.11. The van der Waals surface area contributed by atoms with Gasteiger partial charge in [0, 0.05) is 0 Å². The molecule has 0 saturated carbocycles. The third-order valence-electron chi connectivity index (χ3n) is 3.98. The van der Waals surface area contributed by atoms with Gasteiger partial charge in [-0.3, -0.25) is 0 Å². The molecular formula is C20H30O2. The molecule has 0 amide bonds. The summed E-state index contributed by atoms with van der Waals surface area (Å²) < 4.78 is 10.9. The van der Waals surface area contributed by atoms with Crippen LogP contribution in [0.1, 0.15) is 57.4 Å². The highest BCUT2D eigenvalue weighted by atomic mass is 16.6. The predicted octanol–water partition coefficient (Wildman–Crippen LogP) is 5.31. The Hall–Kier alpha value is -1.28. The van der Waals surface area contributed by atoms with Gasteiger partial charge in [-0.25, -0.2) is 0 Å². The monoisotopic (exact) mass is 302 g/mol. The van der Waals surface area contributed by atoms with Gasteiger partial charge in [-0.2, -0.15) is 0 Å². The van der Waals surface area contributed by atoms with E-state index in [1.54, 1.807) is 0 Å². The molecular weight excluding hydrogens is 272 g/mol.